The molecule has 7 heteroatoms. The number of urea groups is 1. The summed E-state index contributed by atoms with van der Waals surface area (Å²) in [5.74, 6) is -0.453. The van der Waals surface area contributed by atoms with Crippen LogP contribution >= 0.6 is 11.6 Å². The molecule has 0 saturated carbocycles. The number of aliphatic hydroxyl groups is 1. The number of likely N-dealkylation sites (N-methyl/N-ethyl adjacent to an activating group) is 1. The standard InChI is InChI=1S/C11H12ClFN2O3/c1-14-5-10(16)15(11(14)17)8-4-9(18-2)6(12)3-7(8)13/h3-4,10,16H,5H2,1-2H3. The number of methoxy groups -OCH3 is 1. The number of carbonyl (C=O) groups excluding carboxylic acids is 1. The molecule has 18 heavy (non-hydrogen) atoms. The summed E-state index contributed by atoms with van der Waals surface area (Å²) >= 11 is 5.77. The molecule has 2 amide bonds. The second kappa shape index (κ2) is 4.62. The lowest BCUT2D eigenvalue weighted by atomic mass is 10.2. The molecular weight excluding hydrogens is 263 g/mol. The zero-order chi connectivity index (χ0) is 13.4. The Hall–Kier alpha value is -1.53. The summed E-state index contributed by atoms with van der Waals surface area (Å²) in [6, 6.07) is 1.86. The van der Waals surface area contributed by atoms with Crippen LogP contribution in [0.15, 0.2) is 12.1 Å². The maximum Gasteiger partial charge on any atom is 0.326 e. The third kappa shape index (κ3) is 1.97. The van der Waals surface area contributed by atoms with E-state index in [1.54, 1.807) is 0 Å². The minimum Gasteiger partial charge on any atom is -0.495 e. The first-order valence-electron chi connectivity index (χ1n) is 5.21. The zero-order valence-corrected chi connectivity index (χ0v) is 10.6. The van der Waals surface area contributed by atoms with Crippen LogP contribution in [0.1, 0.15) is 0 Å². The predicted octanol–water partition coefficient (Wildman–Crippen LogP) is 1.68. The number of benzene rings is 1. The number of amides is 2. The van der Waals surface area contributed by atoms with E-state index in [-0.39, 0.29) is 23.0 Å². The Morgan fingerprint density at radius 2 is 2.22 bits per heavy atom. The van der Waals surface area contributed by atoms with Gasteiger partial charge in [0.05, 0.1) is 24.4 Å². The highest BCUT2D eigenvalue weighted by Gasteiger charge is 2.36. The van der Waals surface area contributed by atoms with Crippen molar-refractivity contribution in [3.8, 4) is 5.75 Å². The fourth-order valence-electron chi connectivity index (χ4n) is 1.84. The van der Waals surface area contributed by atoms with Crippen molar-refractivity contribution < 1.29 is 19.0 Å². The summed E-state index contributed by atoms with van der Waals surface area (Å²) in [6.45, 7) is 0.114. The maximum atomic E-state index is 13.8. The molecule has 0 bridgehead atoms. The summed E-state index contributed by atoms with van der Waals surface area (Å²) in [5, 5.41) is 9.87. The highest BCUT2D eigenvalue weighted by Crippen LogP contribution is 2.34. The maximum absolute atomic E-state index is 13.8. The lowest BCUT2D eigenvalue weighted by Gasteiger charge is -2.20. The number of nitrogens with zero attached hydrogens (tertiary/aromatic N) is 2. The van der Waals surface area contributed by atoms with Gasteiger partial charge in [-0.15, -0.1) is 0 Å². The molecule has 1 N–H and O–H groups in total. The van der Waals surface area contributed by atoms with Gasteiger partial charge in [-0.05, 0) is 6.07 Å². The van der Waals surface area contributed by atoms with Crippen molar-refractivity contribution in [2.75, 3.05) is 25.6 Å². The quantitative estimate of drug-likeness (QED) is 0.893. The smallest absolute Gasteiger partial charge is 0.326 e. The number of halogens is 2. The van der Waals surface area contributed by atoms with Crippen molar-refractivity contribution in [2.45, 2.75) is 6.23 Å². The Morgan fingerprint density at radius 1 is 1.56 bits per heavy atom. The molecular formula is C11H12ClFN2O3. The molecule has 1 heterocycles. The summed E-state index contributed by atoms with van der Waals surface area (Å²) in [5.41, 5.74) is -0.0573. The van der Waals surface area contributed by atoms with Crippen LogP contribution in [-0.2, 0) is 0 Å². The Morgan fingerprint density at radius 3 is 2.72 bits per heavy atom. The molecule has 1 saturated heterocycles. The average Bonchev–Trinajstić information content (AvgIpc) is 2.55. The SMILES string of the molecule is COc1cc(N2C(=O)N(C)CC2O)c(F)cc1Cl. The van der Waals surface area contributed by atoms with Crippen LogP contribution in [0.2, 0.25) is 5.02 Å². The molecule has 1 aromatic rings. The van der Waals surface area contributed by atoms with Crippen LogP contribution in [0.25, 0.3) is 0 Å². The van der Waals surface area contributed by atoms with E-state index in [1.807, 2.05) is 0 Å². The van der Waals surface area contributed by atoms with Gasteiger partial charge in [0.2, 0.25) is 0 Å². The number of carbonyl (C=O) groups is 1. The highest BCUT2D eigenvalue weighted by molar-refractivity contribution is 6.32. The normalized spacial score (nSPS) is 19.6. The highest BCUT2D eigenvalue weighted by atomic mass is 35.5. The third-order valence-electron chi connectivity index (χ3n) is 2.75. The Balaban J connectivity index is 2.48. The van der Waals surface area contributed by atoms with Crippen LogP contribution < -0.4 is 9.64 Å². The number of ether oxygens (including phenoxy) is 1. The summed E-state index contributed by atoms with van der Waals surface area (Å²) in [4.78, 5) is 14.1. The average molecular weight is 275 g/mol. The molecule has 1 fully saturated rings. The van der Waals surface area contributed by atoms with Crippen molar-refractivity contribution in [1.29, 1.82) is 0 Å². The van der Waals surface area contributed by atoms with E-state index in [1.165, 1.54) is 25.1 Å². The molecule has 0 radical (unpaired) electrons. The van der Waals surface area contributed by atoms with Gasteiger partial charge >= 0.3 is 6.03 Å². The number of hydrogen-bond donors (Lipinski definition) is 1. The number of anilines is 1. The minimum atomic E-state index is -1.09. The molecule has 1 aliphatic heterocycles. The van der Waals surface area contributed by atoms with Gasteiger partial charge in [0.25, 0.3) is 0 Å². The van der Waals surface area contributed by atoms with E-state index >= 15 is 0 Å². The van der Waals surface area contributed by atoms with Gasteiger partial charge in [-0.25, -0.2) is 9.18 Å². The molecule has 0 aliphatic carbocycles. The van der Waals surface area contributed by atoms with Crippen LogP contribution in [0, 0.1) is 5.82 Å². The van der Waals surface area contributed by atoms with Crippen LogP contribution in [0.4, 0.5) is 14.9 Å². The molecule has 0 spiro atoms. The zero-order valence-electron chi connectivity index (χ0n) is 9.85. The van der Waals surface area contributed by atoms with E-state index in [0.29, 0.717) is 0 Å². The molecule has 98 valence electrons. The first kappa shape index (κ1) is 12.9. The lowest BCUT2D eigenvalue weighted by Crippen LogP contribution is -2.34. The molecule has 0 aromatic heterocycles. The van der Waals surface area contributed by atoms with Crippen molar-refractivity contribution in [3.05, 3.63) is 23.0 Å². The summed E-state index contributed by atoms with van der Waals surface area (Å²) in [7, 11) is 2.91. The molecule has 2 rings (SSSR count). The van der Waals surface area contributed by atoms with Crippen LogP contribution in [0.5, 0.6) is 5.75 Å². The number of hydrogen-bond acceptors (Lipinski definition) is 3. The van der Waals surface area contributed by atoms with Crippen LogP contribution in [-0.4, -0.2) is 43.0 Å². The lowest BCUT2D eigenvalue weighted by molar-refractivity contribution is 0.183. The van der Waals surface area contributed by atoms with E-state index in [2.05, 4.69) is 0 Å². The van der Waals surface area contributed by atoms with Crippen molar-refractivity contribution in [2.24, 2.45) is 0 Å². The van der Waals surface area contributed by atoms with Gasteiger partial charge in [-0.1, -0.05) is 11.6 Å². The number of aliphatic hydroxyl groups excluding tert-OH is 1. The molecule has 1 atom stereocenters. The predicted molar refractivity (Wildman–Crippen MR) is 64.5 cm³/mol. The fourth-order valence-corrected chi connectivity index (χ4v) is 2.07. The van der Waals surface area contributed by atoms with Crippen LogP contribution in [0.3, 0.4) is 0 Å². The van der Waals surface area contributed by atoms with E-state index < -0.39 is 18.1 Å². The number of β-amino-alcohol motifs (C(OH)–C–C–N with tert-alkyl or cyclic N) is 1. The van der Waals surface area contributed by atoms with Gasteiger partial charge in [-0.2, -0.15) is 0 Å². The fraction of sp³-hybridized carbons (Fsp3) is 0.364. The second-order valence-corrected chi connectivity index (χ2v) is 4.36. The van der Waals surface area contributed by atoms with Gasteiger partial charge in [-0.3, -0.25) is 4.90 Å². The molecule has 1 aliphatic rings. The molecule has 1 aromatic carbocycles. The first-order valence-corrected chi connectivity index (χ1v) is 5.59. The minimum absolute atomic E-state index is 0.0573. The monoisotopic (exact) mass is 274 g/mol. The molecule has 1 unspecified atom stereocenters. The van der Waals surface area contributed by atoms with E-state index in [0.717, 1.165) is 11.0 Å². The summed E-state index contributed by atoms with van der Waals surface area (Å²) < 4.78 is 18.8. The summed E-state index contributed by atoms with van der Waals surface area (Å²) in [6.07, 6.45) is -1.09. The number of rotatable bonds is 2. The van der Waals surface area contributed by atoms with Gasteiger partial charge in [0, 0.05) is 13.1 Å². The van der Waals surface area contributed by atoms with Crippen molar-refractivity contribution >= 4 is 23.3 Å². The van der Waals surface area contributed by atoms with Crippen molar-refractivity contribution in [1.82, 2.24) is 4.90 Å². The van der Waals surface area contributed by atoms with Crippen molar-refractivity contribution in [3.63, 3.8) is 0 Å². The van der Waals surface area contributed by atoms with Gasteiger partial charge in [0.1, 0.15) is 11.6 Å². The largest absolute Gasteiger partial charge is 0.495 e. The molecule has 5 nitrogen and oxygen atoms in total. The van der Waals surface area contributed by atoms with E-state index in [4.69, 9.17) is 16.3 Å². The first-order chi connectivity index (χ1) is 8.45. The second-order valence-electron chi connectivity index (χ2n) is 3.95. The topological polar surface area (TPSA) is 53.0 Å². The Bertz CT molecular complexity index is 497. The van der Waals surface area contributed by atoms with E-state index in [9.17, 15) is 14.3 Å². The van der Waals surface area contributed by atoms with Gasteiger partial charge in [0.15, 0.2) is 6.23 Å². The Kier molecular flexibility index (Phi) is 3.32. The van der Waals surface area contributed by atoms with Gasteiger partial charge < -0.3 is 14.7 Å². The Labute approximate surface area is 108 Å². The third-order valence-corrected chi connectivity index (χ3v) is 3.04.